The zero-order valence-electron chi connectivity index (χ0n) is 16.7. The summed E-state index contributed by atoms with van der Waals surface area (Å²) in [6.07, 6.45) is 6.61. The van der Waals surface area contributed by atoms with Gasteiger partial charge in [0.2, 0.25) is 5.91 Å². The highest BCUT2D eigenvalue weighted by Gasteiger charge is 2.30. The number of carbonyl (C=O) groups excluding carboxylic acids is 1. The van der Waals surface area contributed by atoms with Crippen LogP contribution in [0, 0.1) is 5.41 Å². The molecule has 1 saturated carbocycles. The van der Waals surface area contributed by atoms with Gasteiger partial charge in [0.05, 0.1) is 6.54 Å². The lowest BCUT2D eigenvalue weighted by molar-refractivity contribution is -0.131. The van der Waals surface area contributed by atoms with E-state index in [0.717, 1.165) is 49.9 Å². The molecule has 0 bridgehead atoms. The van der Waals surface area contributed by atoms with Gasteiger partial charge >= 0.3 is 0 Å². The molecule has 28 heavy (non-hydrogen) atoms. The number of aromatic nitrogens is 1. The lowest BCUT2D eigenvalue weighted by atomic mass is 10.1. The number of benzene rings is 1. The molecule has 150 valence electrons. The summed E-state index contributed by atoms with van der Waals surface area (Å²) in [7, 11) is 0. The molecule has 2 aromatic rings. The molecule has 0 spiro atoms. The van der Waals surface area contributed by atoms with Gasteiger partial charge in [0.1, 0.15) is 5.84 Å². The first-order chi connectivity index (χ1) is 13.6. The maximum absolute atomic E-state index is 12.6. The first kappa shape index (κ1) is 19.0. The lowest BCUT2D eigenvalue weighted by Crippen LogP contribution is -2.41. The van der Waals surface area contributed by atoms with Crippen LogP contribution < -0.4 is 11.1 Å². The standard InChI is InChI=1S/C22H31N5O/c1-2-26-19(12-15-5-6-16(22(23)24)13-20(15)26)10-9-18-4-3-11-27(18)21(28)14-25-17-7-8-17/h5-6,12-13,17-18,25H,2-4,7-11,14H2,1H3,(H3,23,24). The van der Waals surface area contributed by atoms with Gasteiger partial charge < -0.3 is 20.5 Å². The predicted octanol–water partition coefficient (Wildman–Crippen LogP) is 2.62. The van der Waals surface area contributed by atoms with Crippen molar-refractivity contribution >= 4 is 22.6 Å². The number of nitrogens with zero attached hydrogens (tertiary/aromatic N) is 2. The fraction of sp³-hybridized carbons (Fsp3) is 0.545. The number of rotatable bonds is 8. The third-order valence-corrected chi connectivity index (χ3v) is 6.17. The number of hydrogen-bond acceptors (Lipinski definition) is 3. The Morgan fingerprint density at radius 2 is 2.11 bits per heavy atom. The summed E-state index contributed by atoms with van der Waals surface area (Å²) >= 11 is 0. The Morgan fingerprint density at radius 3 is 2.82 bits per heavy atom. The molecular weight excluding hydrogens is 350 g/mol. The minimum absolute atomic E-state index is 0.104. The second-order valence-corrected chi connectivity index (χ2v) is 8.14. The lowest BCUT2D eigenvalue weighted by Gasteiger charge is -2.25. The summed E-state index contributed by atoms with van der Waals surface area (Å²) in [4.78, 5) is 14.7. The number of aryl methyl sites for hydroxylation is 2. The molecule has 0 radical (unpaired) electrons. The molecule has 1 unspecified atom stereocenters. The van der Waals surface area contributed by atoms with Crippen molar-refractivity contribution in [1.29, 1.82) is 5.41 Å². The number of hydrogen-bond donors (Lipinski definition) is 3. The van der Waals surface area contributed by atoms with Gasteiger partial charge in [-0.15, -0.1) is 0 Å². The summed E-state index contributed by atoms with van der Waals surface area (Å²) in [6, 6.07) is 9.16. The molecule has 2 aliphatic rings. The number of fused-ring (bicyclic) bond motifs is 1. The quantitative estimate of drug-likeness (QED) is 0.485. The van der Waals surface area contributed by atoms with Crippen LogP contribution in [-0.4, -0.2) is 46.4 Å². The molecule has 6 nitrogen and oxygen atoms in total. The Kier molecular flexibility index (Phi) is 5.40. The Balaban J connectivity index is 1.45. The van der Waals surface area contributed by atoms with E-state index in [4.69, 9.17) is 11.1 Å². The largest absolute Gasteiger partial charge is 0.384 e. The van der Waals surface area contributed by atoms with Crippen LogP contribution in [0.1, 0.15) is 50.3 Å². The number of likely N-dealkylation sites (tertiary alicyclic amines) is 1. The Hall–Kier alpha value is -2.34. The number of nitrogen functional groups attached to an aromatic ring is 1. The molecule has 1 aromatic carbocycles. The zero-order valence-corrected chi connectivity index (χ0v) is 16.7. The number of nitrogens with one attached hydrogen (secondary N) is 2. The van der Waals surface area contributed by atoms with Gasteiger partial charge in [-0.3, -0.25) is 10.2 Å². The highest BCUT2D eigenvalue weighted by molar-refractivity contribution is 5.98. The van der Waals surface area contributed by atoms with Crippen molar-refractivity contribution in [3.63, 3.8) is 0 Å². The molecule has 1 aromatic heterocycles. The average Bonchev–Trinajstić information content (AvgIpc) is 3.28. The van der Waals surface area contributed by atoms with Gasteiger partial charge in [-0.05, 0) is 63.0 Å². The molecule has 1 aliphatic heterocycles. The first-order valence-electron chi connectivity index (χ1n) is 10.6. The molecule has 2 heterocycles. The zero-order chi connectivity index (χ0) is 19.7. The maximum Gasteiger partial charge on any atom is 0.236 e. The monoisotopic (exact) mass is 381 g/mol. The molecule has 4 N–H and O–H groups in total. The molecule has 1 atom stereocenters. The van der Waals surface area contributed by atoms with Crippen LogP contribution in [-0.2, 0) is 17.8 Å². The molecule has 1 amide bonds. The topological polar surface area (TPSA) is 87.1 Å². The molecule has 6 heteroatoms. The molecular formula is C22H31N5O. The van der Waals surface area contributed by atoms with Crippen LogP contribution in [0.3, 0.4) is 0 Å². The van der Waals surface area contributed by atoms with E-state index in [2.05, 4.69) is 33.8 Å². The summed E-state index contributed by atoms with van der Waals surface area (Å²) < 4.78 is 2.32. The summed E-state index contributed by atoms with van der Waals surface area (Å²) in [5, 5.41) is 12.2. The summed E-state index contributed by atoms with van der Waals surface area (Å²) in [5.41, 5.74) is 8.87. The number of amides is 1. The van der Waals surface area contributed by atoms with E-state index in [1.165, 1.54) is 23.9 Å². The van der Waals surface area contributed by atoms with Crippen LogP contribution in [0.4, 0.5) is 0 Å². The van der Waals surface area contributed by atoms with Crippen LogP contribution >= 0.6 is 0 Å². The fourth-order valence-electron chi connectivity index (χ4n) is 4.46. The maximum atomic E-state index is 12.6. The van der Waals surface area contributed by atoms with E-state index in [1.807, 2.05) is 12.1 Å². The number of nitrogens with two attached hydrogens (primary N) is 1. The third kappa shape index (κ3) is 3.92. The van der Waals surface area contributed by atoms with Gasteiger partial charge in [-0.2, -0.15) is 0 Å². The third-order valence-electron chi connectivity index (χ3n) is 6.17. The van der Waals surface area contributed by atoms with Crippen LogP contribution in [0.15, 0.2) is 24.3 Å². The van der Waals surface area contributed by atoms with E-state index in [1.54, 1.807) is 0 Å². The van der Waals surface area contributed by atoms with Crippen molar-refractivity contribution in [3.8, 4) is 0 Å². The normalized spacial score (nSPS) is 19.5. The van der Waals surface area contributed by atoms with Crippen LogP contribution in [0.5, 0.6) is 0 Å². The summed E-state index contributed by atoms with van der Waals surface area (Å²) in [5.74, 6) is 0.365. The van der Waals surface area contributed by atoms with Gasteiger partial charge in [-0.1, -0.05) is 12.1 Å². The Bertz CT molecular complexity index is 882. The van der Waals surface area contributed by atoms with Crippen molar-refractivity contribution in [2.45, 2.75) is 64.1 Å². The van der Waals surface area contributed by atoms with E-state index in [9.17, 15) is 4.79 Å². The first-order valence-corrected chi connectivity index (χ1v) is 10.6. The minimum atomic E-state index is 0.104. The Labute approximate surface area is 166 Å². The van der Waals surface area contributed by atoms with Gasteiger partial charge in [0.15, 0.2) is 0 Å². The number of carbonyl (C=O) groups is 1. The van der Waals surface area contributed by atoms with Crippen molar-refractivity contribution < 1.29 is 4.79 Å². The van der Waals surface area contributed by atoms with Crippen LogP contribution in [0.25, 0.3) is 10.9 Å². The average molecular weight is 382 g/mol. The van der Waals surface area contributed by atoms with Gasteiger partial charge in [-0.25, -0.2) is 0 Å². The van der Waals surface area contributed by atoms with Gasteiger partial charge in [0, 0.05) is 41.9 Å². The van der Waals surface area contributed by atoms with Crippen molar-refractivity contribution in [1.82, 2.24) is 14.8 Å². The highest BCUT2D eigenvalue weighted by atomic mass is 16.2. The van der Waals surface area contributed by atoms with E-state index >= 15 is 0 Å². The predicted molar refractivity (Wildman–Crippen MR) is 113 cm³/mol. The van der Waals surface area contributed by atoms with E-state index in [-0.39, 0.29) is 11.7 Å². The van der Waals surface area contributed by atoms with Crippen molar-refractivity contribution in [2.24, 2.45) is 5.73 Å². The van der Waals surface area contributed by atoms with Crippen LogP contribution in [0.2, 0.25) is 0 Å². The van der Waals surface area contributed by atoms with Gasteiger partial charge in [0.25, 0.3) is 0 Å². The molecule has 2 fully saturated rings. The smallest absolute Gasteiger partial charge is 0.236 e. The SMILES string of the molecule is CCn1c(CCC2CCCN2C(=O)CNC2CC2)cc2ccc(C(=N)N)cc21. The Morgan fingerprint density at radius 1 is 1.29 bits per heavy atom. The molecule has 1 saturated heterocycles. The second kappa shape index (κ2) is 7.95. The van der Waals surface area contributed by atoms with E-state index < -0.39 is 0 Å². The second-order valence-electron chi connectivity index (χ2n) is 8.14. The molecule has 4 rings (SSSR count). The van der Waals surface area contributed by atoms with Crippen molar-refractivity contribution in [2.75, 3.05) is 13.1 Å². The summed E-state index contributed by atoms with van der Waals surface area (Å²) in [6.45, 7) is 4.43. The highest BCUT2D eigenvalue weighted by Crippen LogP contribution is 2.26. The fourth-order valence-corrected chi connectivity index (χ4v) is 4.46. The van der Waals surface area contributed by atoms with E-state index in [0.29, 0.717) is 18.6 Å². The minimum Gasteiger partial charge on any atom is -0.384 e. The molecule has 1 aliphatic carbocycles. The number of amidine groups is 1. The van der Waals surface area contributed by atoms with Crippen molar-refractivity contribution in [3.05, 3.63) is 35.5 Å².